The molecule has 3 rings (SSSR count). The number of methoxy groups -OCH3 is 1. The van der Waals surface area contributed by atoms with Crippen LogP contribution in [-0.2, 0) is 26.2 Å². The summed E-state index contributed by atoms with van der Waals surface area (Å²) in [6.07, 6.45) is 2.07. The maximum absolute atomic E-state index is 14.3. The SMILES string of the molecule is CCCCNC(=O)[C@H](CC)N(Cc1ccc(OC)cc1)C(=O)CN(c1ccccc1OCC)S(=O)(=O)c1ccc(C)cc1. The van der Waals surface area contributed by atoms with Crippen molar-refractivity contribution in [2.45, 2.75) is 64.4 Å². The highest BCUT2D eigenvalue weighted by atomic mass is 32.2. The molecular weight excluding hydrogens is 566 g/mol. The van der Waals surface area contributed by atoms with Crippen LogP contribution in [0, 0.1) is 6.92 Å². The number of anilines is 1. The van der Waals surface area contributed by atoms with Gasteiger partial charge in [0, 0.05) is 13.1 Å². The van der Waals surface area contributed by atoms with Crippen LogP contribution >= 0.6 is 0 Å². The first-order chi connectivity index (χ1) is 20.7. The number of aryl methyl sites for hydroxylation is 1. The lowest BCUT2D eigenvalue weighted by Crippen LogP contribution is -2.52. The van der Waals surface area contributed by atoms with Crippen molar-refractivity contribution in [3.05, 3.63) is 83.9 Å². The van der Waals surface area contributed by atoms with Crippen molar-refractivity contribution < 1.29 is 27.5 Å². The summed E-state index contributed by atoms with van der Waals surface area (Å²) in [5.74, 6) is 0.198. The van der Waals surface area contributed by atoms with E-state index >= 15 is 0 Å². The average Bonchev–Trinajstić information content (AvgIpc) is 3.01. The van der Waals surface area contributed by atoms with Gasteiger partial charge < -0.3 is 19.7 Å². The van der Waals surface area contributed by atoms with E-state index in [1.165, 1.54) is 17.0 Å². The first-order valence-electron chi connectivity index (χ1n) is 14.7. The van der Waals surface area contributed by atoms with Gasteiger partial charge in [0.2, 0.25) is 11.8 Å². The van der Waals surface area contributed by atoms with Gasteiger partial charge in [0.25, 0.3) is 10.0 Å². The zero-order valence-corrected chi connectivity index (χ0v) is 26.5. The van der Waals surface area contributed by atoms with E-state index in [2.05, 4.69) is 5.32 Å². The van der Waals surface area contributed by atoms with Crippen LogP contribution in [0.2, 0.25) is 0 Å². The molecule has 0 heterocycles. The monoisotopic (exact) mass is 609 g/mol. The van der Waals surface area contributed by atoms with Gasteiger partial charge in [-0.3, -0.25) is 13.9 Å². The average molecular weight is 610 g/mol. The van der Waals surface area contributed by atoms with Crippen LogP contribution in [0.15, 0.2) is 77.7 Å². The number of nitrogens with zero attached hydrogens (tertiary/aromatic N) is 2. The molecule has 10 heteroatoms. The number of unbranched alkanes of at least 4 members (excludes halogenated alkanes) is 1. The van der Waals surface area contributed by atoms with Crippen molar-refractivity contribution in [2.75, 3.05) is 31.1 Å². The summed E-state index contributed by atoms with van der Waals surface area (Å²) in [6, 6.07) is 19.6. The number of hydrogen-bond acceptors (Lipinski definition) is 6. The molecule has 0 spiro atoms. The molecule has 0 aliphatic heterocycles. The number of rotatable bonds is 16. The molecule has 43 heavy (non-hydrogen) atoms. The Morgan fingerprint density at radius 3 is 2.21 bits per heavy atom. The van der Waals surface area contributed by atoms with Crippen LogP contribution in [0.4, 0.5) is 5.69 Å². The van der Waals surface area contributed by atoms with E-state index in [9.17, 15) is 18.0 Å². The summed E-state index contributed by atoms with van der Waals surface area (Å²) in [7, 11) is -2.63. The lowest BCUT2D eigenvalue weighted by molar-refractivity contribution is -0.140. The molecule has 3 aromatic carbocycles. The second-order valence-corrected chi connectivity index (χ2v) is 12.0. The van der Waals surface area contributed by atoms with Gasteiger partial charge in [-0.15, -0.1) is 0 Å². The second-order valence-electron chi connectivity index (χ2n) is 10.2. The summed E-state index contributed by atoms with van der Waals surface area (Å²) in [6.45, 7) is 7.92. The molecule has 232 valence electrons. The van der Waals surface area contributed by atoms with E-state index in [0.717, 1.165) is 28.3 Å². The smallest absolute Gasteiger partial charge is 0.264 e. The molecule has 9 nitrogen and oxygen atoms in total. The minimum atomic E-state index is -4.20. The summed E-state index contributed by atoms with van der Waals surface area (Å²) in [4.78, 5) is 29.1. The van der Waals surface area contributed by atoms with Gasteiger partial charge in [0.05, 0.1) is 24.3 Å². The molecule has 1 atom stereocenters. The van der Waals surface area contributed by atoms with Gasteiger partial charge in [0.1, 0.15) is 24.1 Å². The van der Waals surface area contributed by atoms with Crippen LogP contribution in [0.5, 0.6) is 11.5 Å². The zero-order valence-electron chi connectivity index (χ0n) is 25.7. The van der Waals surface area contributed by atoms with Gasteiger partial charge in [-0.25, -0.2) is 8.42 Å². The highest BCUT2D eigenvalue weighted by Gasteiger charge is 2.34. The van der Waals surface area contributed by atoms with Crippen molar-refractivity contribution >= 4 is 27.5 Å². The largest absolute Gasteiger partial charge is 0.497 e. The minimum Gasteiger partial charge on any atom is -0.497 e. The third-order valence-electron chi connectivity index (χ3n) is 7.05. The van der Waals surface area contributed by atoms with Gasteiger partial charge >= 0.3 is 0 Å². The number of sulfonamides is 1. The number of ether oxygens (including phenoxy) is 2. The van der Waals surface area contributed by atoms with Crippen LogP contribution in [0.1, 0.15) is 51.2 Å². The van der Waals surface area contributed by atoms with Gasteiger partial charge in [-0.2, -0.15) is 0 Å². The predicted octanol–water partition coefficient (Wildman–Crippen LogP) is 5.32. The molecule has 0 aromatic heterocycles. The van der Waals surface area contributed by atoms with Crippen LogP contribution in [0.3, 0.4) is 0 Å². The number of hydrogen-bond donors (Lipinski definition) is 1. The molecule has 0 unspecified atom stereocenters. The summed E-state index contributed by atoms with van der Waals surface area (Å²) < 4.78 is 40.4. The van der Waals surface area contributed by atoms with Gasteiger partial charge in [0.15, 0.2) is 0 Å². The molecule has 0 bridgehead atoms. The lowest BCUT2D eigenvalue weighted by atomic mass is 10.1. The molecule has 0 fully saturated rings. The molecule has 0 aliphatic carbocycles. The fraction of sp³-hybridized carbons (Fsp3) is 0.394. The molecule has 0 radical (unpaired) electrons. The van der Waals surface area contributed by atoms with E-state index in [1.54, 1.807) is 62.6 Å². The second kappa shape index (κ2) is 16.0. The Hall–Kier alpha value is -4.05. The van der Waals surface area contributed by atoms with Crippen molar-refractivity contribution in [1.82, 2.24) is 10.2 Å². The summed E-state index contributed by atoms with van der Waals surface area (Å²) in [5, 5.41) is 2.94. The zero-order chi connectivity index (χ0) is 31.4. The lowest BCUT2D eigenvalue weighted by Gasteiger charge is -2.33. The Balaban J connectivity index is 2.08. The molecular formula is C33H43N3O6S. The highest BCUT2D eigenvalue weighted by Crippen LogP contribution is 2.33. The van der Waals surface area contributed by atoms with Gasteiger partial charge in [-0.1, -0.05) is 62.2 Å². The fourth-order valence-electron chi connectivity index (χ4n) is 4.64. The summed E-state index contributed by atoms with van der Waals surface area (Å²) >= 11 is 0. The molecule has 1 N–H and O–H groups in total. The first kappa shape index (κ1) is 33.5. The number of amides is 2. The molecule has 2 amide bonds. The number of benzene rings is 3. The van der Waals surface area contributed by atoms with Crippen molar-refractivity contribution in [3.8, 4) is 11.5 Å². The number of carbonyl (C=O) groups excluding carboxylic acids is 2. The van der Waals surface area contributed by atoms with Crippen molar-refractivity contribution in [2.24, 2.45) is 0 Å². The Morgan fingerprint density at radius 2 is 1.60 bits per heavy atom. The fourth-order valence-corrected chi connectivity index (χ4v) is 6.07. The Kier molecular flexibility index (Phi) is 12.4. The highest BCUT2D eigenvalue weighted by molar-refractivity contribution is 7.92. The van der Waals surface area contributed by atoms with Crippen LogP contribution in [-0.4, -0.2) is 58.0 Å². The maximum Gasteiger partial charge on any atom is 0.264 e. The Labute approximate surface area is 255 Å². The predicted molar refractivity (Wildman–Crippen MR) is 169 cm³/mol. The molecule has 3 aromatic rings. The molecule has 0 saturated heterocycles. The third kappa shape index (κ3) is 8.73. The first-order valence-corrected chi connectivity index (χ1v) is 16.1. The number of para-hydroxylation sites is 2. The van der Waals surface area contributed by atoms with E-state index in [0.29, 0.717) is 31.1 Å². The molecule has 0 aliphatic rings. The Morgan fingerprint density at radius 1 is 0.930 bits per heavy atom. The van der Waals surface area contributed by atoms with Crippen LogP contribution < -0.4 is 19.1 Å². The number of nitrogens with one attached hydrogen (secondary N) is 1. The van der Waals surface area contributed by atoms with E-state index < -0.39 is 28.5 Å². The minimum absolute atomic E-state index is 0.0447. The van der Waals surface area contributed by atoms with Gasteiger partial charge in [-0.05, 0) is 68.7 Å². The van der Waals surface area contributed by atoms with E-state index in [4.69, 9.17) is 9.47 Å². The van der Waals surface area contributed by atoms with Crippen LogP contribution in [0.25, 0.3) is 0 Å². The molecule has 0 saturated carbocycles. The quantitative estimate of drug-likeness (QED) is 0.221. The van der Waals surface area contributed by atoms with E-state index in [-0.39, 0.29) is 23.0 Å². The maximum atomic E-state index is 14.3. The summed E-state index contributed by atoms with van der Waals surface area (Å²) in [5.41, 5.74) is 1.92. The topological polar surface area (TPSA) is 105 Å². The number of carbonyl (C=O) groups is 2. The standard InChI is InChI=1S/C33H43N3O6S/c1-6-9-22-34-33(38)29(7-2)35(23-26-16-18-27(41-5)19-17-26)32(37)24-36(30-12-10-11-13-31(30)42-8-3)43(39,40)28-20-14-25(4)15-21-28/h10-21,29H,6-9,22-24H2,1-5H3,(H,34,38)/t29-/m0/s1. The van der Waals surface area contributed by atoms with E-state index in [1.807, 2.05) is 32.9 Å². The third-order valence-corrected chi connectivity index (χ3v) is 8.82. The Bertz CT molecular complexity index is 1440. The van der Waals surface area contributed by atoms with Crippen molar-refractivity contribution in [1.29, 1.82) is 0 Å². The normalized spacial score (nSPS) is 11.8. The van der Waals surface area contributed by atoms with Crippen molar-refractivity contribution in [3.63, 3.8) is 0 Å².